The standard InChI is InChI=1S/C18H13NO5S2/c1-11(20)23-15-5-3-2-4-14(15)18(21)24-13-8-6-12(7-9-13)16-10-17(19-22)26-25-16/h2-10,22H,1H3. The van der Waals surface area contributed by atoms with Crippen LogP contribution in [0.1, 0.15) is 17.3 Å². The molecule has 0 spiro atoms. The van der Waals surface area contributed by atoms with E-state index in [1.165, 1.54) is 39.7 Å². The molecule has 0 unspecified atom stereocenters. The third-order valence-corrected chi connectivity index (χ3v) is 5.57. The van der Waals surface area contributed by atoms with Crippen LogP contribution in [-0.2, 0) is 4.79 Å². The van der Waals surface area contributed by atoms with Gasteiger partial charge in [-0.15, -0.1) is 0 Å². The van der Waals surface area contributed by atoms with Crippen molar-refractivity contribution < 1.29 is 24.3 Å². The van der Waals surface area contributed by atoms with Crippen LogP contribution in [0.25, 0.3) is 10.4 Å². The van der Waals surface area contributed by atoms with Gasteiger partial charge in [-0.3, -0.25) is 4.79 Å². The van der Waals surface area contributed by atoms with Crippen LogP contribution in [0.2, 0.25) is 0 Å². The fourth-order valence-electron chi connectivity index (χ4n) is 2.15. The summed E-state index contributed by atoms with van der Waals surface area (Å²) in [6.07, 6.45) is 0. The van der Waals surface area contributed by atoms with E-state index in [2.05, 4.69) is 5.16 Å². The Labute approximate surface area is 156 Å². The number of carbonyl (C=O) groups is 2. The van der Waals surface area contributed by atoms with Gasteiger partial charge in [-0.1, -0.05) is 38.0 Å². The molecule has 0 fully saturated rings. The van der Waals surface area contributed by atoms with Crippen LogP contribution >= 0.6 is 20.7 Å². The zero-order valence-electron chi connectivity index (χ0n) is 13.5. The summed E-state index contributed by atoms with van der Waals surface area (Å²) >= 11 is 0. The Bertz CT molecular complexity index is 1000. The van der Waals surface area contributed by atoms with Gasteiger partial charge in [0.2, 0.25) is 0 Å². The van der Waals surface area contributed by atoms with Crippen molar-refractivity contribution >= 4 is 32.6 Å². The normalized spacial score (nSPS) is 11.2. The summed E-state index contributed by atoms with van der Waals surface area (Å²) in [5.41, 5.74) is 1.09. The van der Waals surface area contributed by atoms with Gasteiger partial charge in [0.05, 0.1) is 0 Å². The monoisotopic (exact) mass is 387 g/mol. The summed E-state index contributed by atoms with van der Waals surface area (Å²) in [5, 5.41) is 11.9. The molecule has 0 bridgehead atoms. The lowest BCUT2D eigenvalue weighted by Gasteiger charge is -2.09. The van der Waals surface area contributed by atoms with Crippen molar-refractivity contribution in [3.05, 3.63) is 64.8 Å². The first-order chi connectivity index (χ1) is 12.6. The molecule has 0 saturated carbocycles. The lowest BCUT2D eigenvalue weighted by atomic mass is 10.2. The van der Waals surface area contributed by atoms with Gasteiger partial charge < -0.3 is 14.7 Å². The Morgan fingerprint density at radius 2 is 1.73 bits per heavy atom. The first kappa shape index (κ1) is 17.8. The van der Waals surface area contributed by atoms with Crippen LogP contribution in [0, 0.1) is 0 Å². The number of ether oxygens (including phenoxy) is 2. The summed E-state index contributed by atoms with van der Waals surface area (Å²) in [6.45, 7) is 1.27. The third-order valence-electron chi connectivity index (χ3n) is 3.28. The SMILES string of the molecule is CC(=O)Oc1ccccc1C(=O)Oc1ccc(-c2cc(=NO)ss2)cc1. The van der Waals surface area contributed by atoms with Gasteiger partial charge in [-0.25, -0.2) is 4.79 Å². The Morgan fingerprint density at radius 3 is 2.38 bits per heavy atom. The second kappa shape index (κ2) is 7.94. The van der Waals surface area contributed by atoms with Gasteiger partial charge in [0, 0.05) is 11.8 Å². The van der Waals surface area contributed by atoms with Gasteiger partial charge in [0.15, 0.2) is 4.67 Å². The number of hydrogen-bond acceptors (Lipinski definition) is 8. The molecule has 0 aliphatic rings. The summed E-state index contributed by atoms with van der Waals surface area (Å²) in [5.74, 6) is -0.611. The fraction of sp³-hybridized carbons (Fsp3) is 0.0556. The lowest BCUT2D eigenvalue weighted by Crippen LogP contribution is -2.12. The van der Waals surface area contributed by atoms with Crippen molar-refractivity contribution in [2.45, 2.75) is 6.92 Å². The van der Waals surface area contributed by atoms with Crippen molar-refractivity contribution in [3.63, 3.8) is 0 Å². The van der Waals surface area contributed by atoms with E-state index < -0.39 is 11.9 Å². The number of nitrogens with zero attached hydrogens (tertiary/aromatic N) is 1. The maximum atomic E-state index is 12.4. The average molecular weight is 387 g/mol. The molecule has 3 rings (SSSR count). The molecule has 0 radical (unpaired) electrons. The van der Waals surface area contributed by atoms with Gasteiger partial charge in [-0.05, 0) is 48.0 Å². The van der Waals surface area contributed by atoms with Gasteiger partial charge in [0.25, 0.3) is 0 Å². The molecule has 2 aromatic carbocycles. The van der Waals surface area contributed by atoms with Crippen LogP contribution in [0.5, 0.6) is 11.5 Å². The Balaban J connectivity index is 1.77. The second-order valence-corrected chi connectivity index (χ2v) is 7.31. The van der Waals surface area contributed by atoms with Crippen LogP contribution in [-0.4, -0.2) is 17.1 Å². The molecule has 1 N–H and O–H groups in total. The number of benzene rings is 2. The molecule has 0 saturated heterocycles. The summed E-state index contributed by atoms with van der Waals surface area (Å²) < 4.78 is 10.9. The molecule has 8 heteroatoms. The molecule has 1 aromatic heterocycles. The van der Waals surface area contributed by atoms with Crippen molar-refractivity contribution in [1.82, 2.24) is 0 Å². The van der Waals surface area contributed by atoms with E-state index in [4.69, 9.17) is 14.7 Å². The van der Waals surface area contributed by atoms with Crippen molar-refractivity contribution in [2.75, 3.05) is 0 Å². The van der Waals surface area contributed by atoms with E-state index in [-0.39, 0.29) is 11.3 Å². The van der Waals surface area contributed by atoms with E-state index >= 15 is 0 Å². The predicted molar refractivity (Wildman–Crippen MR) is 97.7 cm³/mol. The highest BCUT2D eigenvalue weighted by atomic mass is 32.9. The zero-order chi connectivity index (χ0) is 18.5. The Morgan fingerprint density at radius 1 is 1.00 bits per heavy atom. The quantitative estimate of drug-likeness (QED) is 0.241. The number of rotatable bonds is 4. The van der Waals surface area contributed by atoms with E-state index in [1.807, 2.05) is 0 Å². The fourth-order valence-corrected chi connectivity index (χ4v) is 4.20. The van der Waals surface area contributed by atoms with Gasteiger partial charge in [-0.2, -0.15) is 0 Å². The first-order valence-corrected chi connectivity index (χ1v) is 9.60. The average Bonchev–Trinajstić information content (AvgIpc) is 3.11. The maximum Gasteiger partial charge on any atom is 0.347 e. The van der Waals surface area contributed by atoms with Gasteiger partial charge >= 0.3 is 11.9 Å². The van der Waals surface area contributed by atoms with Crippen LogP contribution in [0.3, 0.4) is 0 Å². The van der Waals surface area contributed by atoms with E-state index in [1.54, 1.807) is 42.5 Å². The molecule has 3 aromatic rings. The highest BCUT2D eigenvalue weighted by Gasteiger charge is 2.16. The minimum atomic E-state index is -0.616. The van der Waals surface area contributed by atoms with Gasteiger partial charge in [0.1, 0.15) is 17.1 Å². The van der Waals surface area contributed by atoms with E-state index in [0.29, 0.717) is 10.4 Å². The van der Waals surface area contributed by atoms with Crippen molar-refractivity contribution in [3.8, 4) is 21.9 Å². The predicted octanol–water partition coefficient (Wildman–Crippen LogP) is 3.91. The summed E-state index contributed by atoms with van der Waals surface area (Å²) in [4.78, 5) is 24.5. The van der Waals surface area contributed by atoms with E-state index in [0.717, 1.165) is 10.4 Å². The molecule has 0 amide bonds. The molecule has 0 atom stereocenters. The highest BCUT2D eigenvalue weighted by Crippen LogP contribution is 2.28. The third kappa shape index (κ3) is 4.16. The maximum absolute atomic E-state index is 12.4. The Kier molecular flexibility index (Phi) is 5.45. The summed E-state index contributed by atoms with van der Waals surface area (Å²) in [6, 6.07) is 15.1. The second-order valence-electron chi connectivity index (χ2n) is 5.12. The number of carbonyl (C=O) groups excluding carboxylic acids is 2. The molecule has 0 aliphatic carbocycles. The molecule has 132 valence electrons. The van der Waals surface area contributed by atoms with Crippen molar-refractivity contribution in [1.29, 1.82) is 0 Å². The minimum absolute atomic E-state index is 0.155. The first-order valence-electron chi connectivity index (χ1n) is 7.45. The van der Waals surface area contributed by atoms with Crippen molar-refractivity contribution in [2.24, 2.45) is 5.16 Å². The number of esters is 2. The summed E-state index contributed by atoms with van der Waals surface area (Å²) in [7, 11) is 2.84. The zero-order valence-corrected chi connectivity index (χ0v) is 15.2. The topological polar surface area (TPSA) is 85.2 Å². The molecular formula is C18H13NO5S2. The van der Waals surface area contributed by atoms with Crippen LogP contribution in [0.4, 0.5) is 0 Å². The largest absolute Gasteiger partial charge is 0.426 e. The Hall–Kier alpha value is -2.97. The molecule has 6 nitrogen and oxygen atoms in total. The van der Waals surface area contributed by atoms with Crippen LogP contribution in [0.15, 0.2) is 59.8 Å². The minimum Gasteiger partial charge on any atom is -0.426 e. The van der Waals surface area contributed by atoms with Crippen LogP contribution < -0.4 is 14.1 Å². The molecular weight excluding hydrogens is 374 g/mol. The smallest absolute Gasteiger partial charge is 0.347 e. The van der Waals surface area contributed by atoms with E-state index in [9.17, 15) is 9.59 Å². The highest BCUT2D eigenvalue weighted by molar-refractivity contribution is 7.69. The number of hydrogen-bond donors (Lipinski definition) is 1. The lowest BCUT2D eigenvalue weighted by molar-refractivity contribution is -0.131. The molecule has 26 heavy (non-hydrogen) atoms. The molecule has 1 heterocycles. The number of para-hydroxylation sites is 1. The molecule has 0 aliphatic heterocycles.